The van der Waals surface area contributed by atoms with E-state index in [9.17, 15) is 0 Å². The molecule has 1 aromatic carbocycles. The lowest BCUT2D eigenvalue weighted by Crippen LogP contribution is -2.16. The fraction of sp³-hybridized carbons (Fsp3) is 0.429. The first-order chi connectivity index (χ1) is 9.20. The fourth-order valence-corrected chi connectivity index (χ4v) is 1.90. The highest BCUT2D eigenvalue weighted by Crippen LogP contribution is 2.21. The summed E-state index contributed by atoms with van der Waals surface area (Å²) in [6, 6.07) is 10.0. The standard InChI is InChI=1S/C14H20N4O/c1-18(2)9-8-13-16-14(19-17-13)12(10-15)11-6-4-3-5-7-11/h3-7,12H,8-10,15H2,1-2H3. The summed E-state index contributed by atoms with van der Waals surface area (Å²) < 4.78 is 5.34. The van der Waals surface area contributed by atoms with Gasteiger partial charge in [0.25, 0.3) is 0 Å². The van der Waals surface area contributed by atoms with Crippen molar-refractivity contribution in [3.8, 4) is 0 Å². The van der Waals surface area contributed by atoms with Crippen molar-refractivity contribution < 1.29 is 4.52 Å². The van der Waals surface area contributed by atoms with Crippen LogP contribution in [0, 0.1) is 0 Å². The highest BCUT2D eigenvalue weighted by molar-refractivity contribution is 5.24. The minimum absolute atomic E-state index is 0.0261. The molecule has 1 unspecified atom stereocenters. The molecule has 5 heteroatoms. The Morgan fingerprint density at radius 1 is 1.26 bits per heavy atom. The van der Waals surface area contributed by atoms with Gasteiger partial charge < -0.3 is 15.2 Å². The van der Waals surface area contributed by atoms with Gasteiger partial charge in [0.1, 0.15) is 0 Å². The highest BCUT2D eigenvalue weighted by atomic mass is 16.5. The van der Waals surface area contributed by atoms with E-state index in [0.717, 1.165) is 24.4 Å². The van der Waals surface area contributed by atoms with E-state index >= 15 is 0 Å². The van der Waals surface area contributed by atoms with Gasteiger partial charge in [0, 0.05) is 19.5 Å². The van der Waals surface area contributed by atoms with Gasteiger partial charge >= 0.3 is 0 Å². The minimum atomic E-state index is -0.0261. The topological polar surface area (TPSA) is 68.2 Å². The minimum Gasteiger partial charge on any atom is -0.339 e. The summed E-state index contributed by atoms with van der Waals surface area (Å²) in [5.41, 5.74) is 6.94. The molecule has 2 N–H and O–H groups in total. The Morgan fingerprint density at radius 2 is 2.00 bits per heavy atom. The van der Waals surface area contributed by atoms with Crippen LogP contribution in [0.1, 0.15) is 23.2 Å². The van der Waals surface area contributed by atoms with Crippen LogP contribution in [0.4, 0.5) is 0 Å². The summed E-state index contributed by atoms with van der Waals surface area (Å²) in [7, 11) is 4.04. The third-order valence-electron chi connectivity index (χ3n) is 3.00. The summed E-state index contributed by atoms with van der Waals surface area (Å²) in [6.45, 7) is 1.36. The predicted molar refractivity (Wildman–Crippen MR) is 73.9 cm³/mol. The molecule has 1 atom stereocenters. The number of benzene rings is 1. The molecule has 19 heavy (non-hydrogen) atoms. The van der Waals surface area contributed by atoms with E-state index in [-0.39, 0.29) is 5.92 Å². The number of nitrogens with two attached hydrogens (primary N) is 1. The van der Waals surface area contributed by atoms with E-state index in [4.69, 9.17) is 10.3 Å². The highest BCUT2D eigenvalue weighted by Gasteiger charge is 2.19. The summed E-state index contributed by atoms with van der Waals surface area (Å²) in [6.07, 6.45) is 0.780. The zero-order chi connectivity index (χ0) is 13.7. The summed E-state index contributed by atoms with van der Waals surface area (Å²) in [4.78, 5) is 6.54. The molecule has 0 fully saturated rings. The van der Waals surface area contributed by atoms with E-state index in [1.165, 1.54) is 0 Å². The van der Waals surface area contributed by atoms with Crippen molar-refractivity contribution in [2.75, 3.05) is 27.2 Å². The normalized spacial score (nSPS) is 12.8. The van der Waals surface area contributed by atoms with Crippen molar-refractivity contribution in [1.29, 1.82) is 0 Å². The van der Waals surface area contributed by atoms with E-state index in [2.05, 4.69) is 15.0 Å². The number of hydrogen-bond donors (Lipinski definition) is 1. The molecule has 0 amide bonds. The molecule has 0 radical (unpaired) electrons. The number of nitrogens with zero attached hydrogens (tertiary/aromatic N) is 3. The molecule has 5 nitrogen and oxygen atoms in total. The van der Waals surface area contributed by atoms with Gasteiger partial charge in [0.05, 0.1) is 5.92 Å². The van der Waals surface area contributed by atoms with Crippen molar-refractivity contribution in [2.45, 2.75) is 12.3 Å². The maximum Gasteiger partial charge on any atom is 0.235 e. The first-order valence-corrected chi connectivity index (χ1v) is 6.43. The van der Waals surface area contributed by atoms with Gasteiger partial charge in [-0.25, -0.2) is 0 Å². The van der Waals surface area contributed by atoms with Crippen LogP contribution < -0.4 is 5.73 Å². The van der Waals surface area contributed by atoms with Gasteiger partial charge in [-0.05, 0) is 19.7 Å². The third kappa shape index (κ3) is 3.62. The second kappa shape index (κ2) is 6.45. The lowest BCUT2D eigenvalue weighted by atomic mass is 9.99. The Hall–Kier alpha value is -1.72. The smallest absolute Gasteiger partial charge is 0.235 e. The molecular weight excluding hydrogens is 240 g/mol. The van der Waals surface area contributed by atoms with Crippen LogP contribution in [0.25, 0.3) is 0 Å². The van der Waals surface area contributed by atoms with Crippen LogP contribution in [-0.4, -0.2) is 42.2 Å². The zero-order valence-corrected chi connectivity index (χ0v) is 11.4. The van der Waals surface area contributed by atoms with Crippen molar-refractivity contribution in [3.63, 3.8) is 0 Å². The Morgan fingerprint density at radius 3 is 2.63 bits per heavy atom. The van der Waals surface area contributed by atoms with E-state index in [1.54, 1.807) is 0 Å². The van der Waals surface area contributed by atoms with Crippen LogP contribution in [0.15, 0.2) is 34.9 Å². The van der Waals surface area contributed by atoms with Crippen molar-refractivity contribution >= 4 is 0 Å². The number of rotatable bonds is 6. The molecule has 1 aromatic heterocycles. The van der Waals surface area contributed by atoms with Crippen LogP contribution in [0.3, 0.4) is 0 Å². The van der Waals surface area contributed by atoms with Crippen LogP contribution in [-0.2, 0) is 6.42 Å². The van der Waals surface area contributed by atoms with Crippen molar-refractivity contribution in [1.82, 2.24) is 15.0 Å². The summed E-state index contributed by atoms with van der Waals surface area (Å²) in [5.74, 6) is 1.31. The molecule has 0 spiro atoms. The van der Waals surface area contributed by atoms with Gasteiger partial charge in [0.2, 0.25) is 5.89 Å². The van der Waals surface area contributed by atoms with Crippen LogP contribution in [0.5, 0.6) is 0 Å². The lowest BCUT2D eigenvalue weighted by Gasteiger charge is -2.09. The zero-order valence-electron chi connectivity index (χ0n) is 11.4. The van der Waals surface area contributed by atoms with Crippen molar-refractivity contribution in [2.24, 2.45) is 5.73 Å². The summed E-state index contributed by atoms with van der Waals surface area (Å²) >= 11 is 0. The monoisotopic (exact) mass is 260 g/mol. The fourth-order valence-electron chi connectivity index (χ4n) is 1.90. The predicted octanol–water partition coefficient (Wildman–Crippen LogP) is 1.26. The largest absolute Gasteiger partial charge is 0.339 e. The molecule has 2 aromatic rings. The Bertz CT molecular complexity index is 495. The first-order valence-electron chi connectivity index (χ1n) is 6.43. The number of hydrogen-bond acceptors (Lipinski definition) is 5. The van der Waals surface area contributed by atoms with E-state index in [0.29, 0.717) is 12.4 Å². The van der Waals surface area contributed by atoms with Gasteiger partial charge in [-0.3, -0.25) is 0 Å². The average molecular weight is 260 g/mol. The van der Waals surface area contributed by atoms with Gasteiger partial charge in [-0.2, -0.15) is 4.98 Å². The average Bonchev–Trinajstić information content (AvgIpc) is 2.87. The van der Waals surface area contributed by atoms with Crippen LogP contribution in [0.2, 0.25) is 0 Å². The Balaban J connectivity index is 2.12. The SMILES string of the molecule is CN(C)CCc1noc(C(CN)c2ccccc2)n1. The third-order valence-corrected chi connectivity index (χ3v) is 3.00. The Labute approximate surface area is 113 Å². The molecule has 0 aliphatic carbocycles. The molecule has 0 aliphatic rings. The molecule has 0 aliphatic heterocycles. The first kappa shape index (κ1) is 13.7. The molecular formula is C14H20N4O. The molecule has 0 saturated carbocycles. The summed E-state index contributed by atoms with van der Waals surface area (Å²) in [5, 5.41) is 4.01. The number of likely N-dealkylation sites (N-methyl/N-ethyl adjacent to an activating group) is 1. The second-order valence-corrected chi connectivity index (χ2v) is 4.80. The van der Waals surface area contributed by atoms with Crippen molar-refractivity contribution in [3.05, 3.63) is 47.6 Å². The lowest BCUT2D eigenvalue weighted by molar-refractivity contribution is 0.357. The van der Waals surface area contributed by atoms with Crippen LogP contribution >= 0.6 is 0 Å². The molecule has 102 valence electrons. The van der Waals surface area contributed by atoms with E-state index < -0.39 is 0 Å². The van der Waals surface area contributed by atoms with Gasteiger partial charge in [-0.1, -0.05) is 35.5 Å². The quantitative estimate of drug-likeness (QED) is 0.847. The number of aromatic nitrogens is 2. The maximum atomic E-state index is 5.83. The Kier molecular flexibility index (Phi) is 4.65. The maximum absolute atomic E-state index is 5.83. The van der Waals surface area contributed by atoms with Gasteiger partial charge in [-0.15, -0.1) is 0 Å². The molecule has 0 bridgehead atoms. The molecule has 0 saturated heterocycles. The van der Waals surface area contributed by atoms with Gasteiger partial charge in [0.15, 0.2) is 5.82 Å². The molecule has 1 heterocycles. The van der Waals surface area contributed by atoms with E-state index in [1.807, 2.05) is 44.4 Å². The molecule has 2 rings (SSSR count). The second-order valence-electron chi connectivity index (χ2n) is 4.80.